The van der Waals surface area contributed by atoms with Crippen molar-refractivity contribution in [2.75, 3.05) is 11.4 Å². The van der Waals surface area contributed by atoms with E-state index >= 15 is 0 Å². The summed E-state index contributed by atoms with van der Waals surface area (Å²) in [5.74, 6) is -0.00560. The minimum absolute atomic E-state index is 0.00560. The normalized spacial score (nSPS) is 13.4. The van der Waals surface area contributed by atoms with Crippen LogP contribution in [0, 0.1) is 0 Å². The van der Waals surface area contributed by atoms with Gasteiger partial charge >= 0.3 is 0 Å². The minimum Gasteiger partial charge on any atom is -0.308 e. The average Bonchev–Trinajstić information content (AvgIpc) is 2.89. The highest BCUT2D eigenvalue weighted by atomic mass is 35.5. The van der Waals surface area contributed by atoms with Crippen LogP contribution in [0.1, 0.15) is 28.5 Å². The second-order valence-electron chi connectivity index (χ2n) is 4.86. The standard InChI is InChI=1S/C16H15ClN2O/c1-2-13-9-12(10-15(17)18-13)16(20)19-8-7-11-5-3-4-6-14(11)19/h3-6,9-10H,2,7-8H2,1H3. The number of amides is 1. The number of pyridine rings is 1. The molecule has 0 saturated heterocycles. The van der Waals surface area contributed by atoms with Crippen molar-refractivity contribution in [2.45, 2.75) is 19.8 Å². The van der Waals surface area contributed by atoms with Gasteiger partial charge < -0.3 is 4.90 Å². The molecule has 102 valence electrons. The molecule has 0 unspecified atom stereocenters. The Hall–Kier alpha value is -1.87. The van der Waals surface area contributed by atoms with Crippen molar-refractivity contribution < 1.29 is 4.79 Å². The van der Waals surface area contributed by atoms with Gasteiger partial charge in [-0.2, -0.15) is 0 Å². The molecule has 1 aromatic heterocycles. The molecule has 3 rings (SSSR count). The molecule has 0 spiro atoms. The zero-order valence-corrected chi connectivity index (χ0v) is 12.0. The summed E-state index contributed by atoms with van der Waals surface area (Å²) in [5.41, 5.74) is 3.67. The van der Waals surface area contributed by atoms with E-state index in [9.17, 15) is 4.79 Å². The van der Waals surface area contributed by atoms with Crippen LogP contribution in [0.25, 0.3) is 0 Å². The summed E-state index contributed by atoms with van der Waals surface area (Å²) in [4.78, 5) is 18.7. The van der Waals surface area contributed by atoms with Crippen molar-refractivity contribution in [3.63, 3.8) is 0 Å². The first-order chi connectivity index (χ1) is 9.69. The molecular formula is C16H15ClN2O. The lowest BCUT2D eigenvalue weighted by Crippen LogP contribution is -2.29. The topological polar surface area (TPSA) is 33.2 Å². The van der Waals surface area contributed by atoms with Gasteiger partial charge in [-0.3, -0.25) is 4.79 Å². The Balaban J connectivity index is 1.96. The number of carbonyl (C=O) groups excluding carboxylic acids is 1. The molecule has 0 fully saturated rings. The number of rotatable bonds is 2. The Morgan fingerprint density at radius 2 is 2.15 bits per heavy atom. The molecule has 4 heteroatoms. The summed E-state index contributed by atoms with van der Waals surface area (Å²) in [6.07, 6.45) is 1.67. The van der Waals surface area contributed by atoms with Gasteiger partial charge in [0.25, 0.3) is 5.91 Å². The number of anilines is 1. The van der Waals surface area contributed by atoms with Gasteiger partial charge in [0.15, 0.2) is 0 Å². The fourth-order valence-electron chi connectivity index (χ4n) is 2.56. The van der Waals surface area contributed by atoms with Crippen molar-refractivity contribution in [3.05, 3.63) is 58.4 Å². The van der Waals surface area contributed by atoms with Crippen molar-refractivity contribution >= 4 is 23.2 Å². The molecule has 2 heterocycles. The van der Waals surface area contributed by atoms with Gasteiger partial charge in [-0.25, -0.2) is 4.98 Å². The number of para-hydroxylation sites is 1. The number of benzene rings is 1. The van der Waals surface area contributed by atoms with Crippen molar-refractivity contribution in [3.8, 4) is 0 Å². The molecule has 1 amide bonds. The first kappa shape index (κ1) is 13.1. The Bertz CT molecular complexity index is 669. The Labute approximate surface area is 123 Å². The maximum absolute atomic E-state index is 12.7. The average molecular weight is 287 g/mol. The van der Waals surface area contributed by atoms with Crippen LogP contribution in [0.2, 0.25) is 5.15 Å². The third kappa shape index (κ3) is 2.29. The monoisotopic (exact) mass is 286 g/mol. The molecule has 3 nitrogen and oxygen atoms in total. The molecule has 0 atom stereocenters. The molecule has 0 aliphatic carbocycles. The van der Waals surface area contributed by atoms with E-state index < -0.39 is 0 Å². The van der Waals surface area contributed by atoms with E-state index in [1.54, 1.807) is 6.07 Å². The molecule has 2 aromatic rings. The van der Waals surface area contributed by atoms with E-state index in [0.29, 0.717) is 10.7 Å². The van der Waals surface area contributed by atoms with Gasteiger partial charge in [0, 0.05) is 23.5 Å². The van der Waals surface area contributed by atoms with Crippen LogP contribution in [0.3, 0.4) is 0 Å². The number of hydrogen-bond acceptors (Lipinski definition) is 2. The van der Waals surface area contributed by atoms with Crippen molar-refractivity contribution in [1.29, 1.82) is 0 Å². The molecule has 0 bridgehead atoms. The first-order valence-corrected chi connectivity index (χ1v) is 7.13. The van der Waals surface area contributed by atoms with Crippen LogP contribution >= 0.6 is 11.6 Å². The lowest BCUT2D eigenvalue weighted by molar-refractivity contribution is 0.0989. The highest BCUT2D eigenvalue weighted by Crippen LogP contribution is 2.29. The molecule has 20 heavy (non-hydrogen) atoms. The Morgan fingerprint density at radius 1 is 1.35 bits per heavy atom. The van der Waals surface area contributed by atoms with Gasteiger partial charge in [0.2, 0.25) is 0 Å². The third-order valence-electron chi connectivity index (χ3n) is 3.59. The van der Waals surface area contributed by atoms with Gasteiger partial charge in [0.1, 0.15) is 5.15 Å². The van der Waals surface area contributed by atoms with Crippen molar-refractivity contribution in [2.24, 2.45) is 0 Å². The van der Waals surface area contributed by atoms with E-state index in [-0.39, 0.29) is 5.91 Å². The van der Waals surface area contributed by atoms with Crippen LogP contribution < -0.4 is 4.90 Å². The molecule has 0 N–H and O–H groups in total. The first-order valence-electron chi connectivity index (χ1n) is 6.75. The lowest BCUT2D eigenvalue weighted by Gasteiger charge is -2.17. The van der Waals surface area contributed by atoms with Crippen LogP contribution in [-0.2, 0) is 12.8 Å². The number of fused-ring (bicyclic) bond motifs is 1. The smallest absolute Gasteiger partial charge is 0.258 e. The summed E-state index contributed by atoms with van der Waals surface area (Å²) >= 11 is 6.00. The highest BCUT2D eigenvalue weighted by Gasteiger charge is 2.25. The largest absolute Gasteiger partial charge is 0.308 e. The van der Waals surface area contributed by atoms with E-state index in [1.807, 2.05) is 36.1 Å². The fraction of sp³-hybridized carbons (Fsp3) is 0.250. The Kier molecular flexibility index (Phi) is 3.45. The predicted molar refractivity (Wildman–Crippen MR) is 80.4 cm³/mol. The molecule has 1 aliphatic rings. The van der Waals surface area contributed by atoms with Gasteiger partial charge in [-0.15, -0.1) is 0 Å². The summed E-state index contributed by atoms with van der Waals surface area (Å²) in [6.45, 7) is 2.72. The zero-order valence-electron chi connectivity index (χ0n) is 11.3. The molecule has 0 radical (unpaired) electrons. The van der Waals surface area contributed by atoms with Gasteiger partial charge in [0.05, 0.1) is 0 Å². The van der Waals surface area contributed by atoms with Crippen LogP contribution in [0.4, 0.5) is 5.69 Å². The number of aryl methyl sites for hydroxylation is 1. The predicted octanol–water partition coefficient (Wildman–Crippen LogP) is 3.50. The summed E-state index contributed by atoms with van der Waals surface area (Å²) in [7, 11) is 0. The van der Waals surface area contributed by atoms with Crippen molar-refractivity contribution in [1.82, 2.24) is 4.98 Å². The summed E-state index contributed by atoms with van der Waals surface area (Å²) in [5, 5.41) is 0.375. The van der Waals surface area contributed by atoms with Gasteiger partial charge in [-0.1, -0.05) is 36.7 Å². The second-order valence-corrected chi connectivity index (χ2v) is 5.25. The number of hydrogen-bond donors (Lipinski definition) is 0. The Morgan fingerprint density at radius 3 is 2.95 bits per heavy atom. The number of nitrogens with zero attached hydrogens (tertiary/aromatic N) is 2. The molecule has 0 saturated carbocycles. The SMILES string of the molecule is CCc1cc(C(=O)N2CCc3ccccc32)cc(Cl)n1. The zero-order chi connectivity index (χ0) is 14.1. The molecule has 1 aromatic carbocycles. The van der Waals surface area contributed by atoms with Crippen LogP contribution in [-0.4, -0.2) is 17.4 Å². The van der Waals surface area contributed by atoms with E-state index in [4.69, 9.17) is 11.6 Å². The second kappa shape index (κ2) is 5.25. The van der Waals surface area contributed by atoms with E-state index in [1.165, 1.54) is 5.56 Å². The maximum Gasteiger partial charge on any atom is 0.258 e. The third-order valence-corrected chi connectivity index (χ3v) is 3.78. The maximum atomic E-state index is 12.7. The number of carbonyl (C=O) groups is 1. The van der Waals surface area contributed by atoms with E-state index in [2.05, 4.69) is 11.1 Å². The number of aromatic nitrogens is 1. The minimum atomic E-state index is -0.00560. The van der Waals surface area contributed by atoms with Crippen LogP contribution in [0.15, 0.2) is 36.4 Å². The quantitative estimate of drug-likeness (QED) is 0.792. The lowest BCUT2D eigenvalue weighted by atomic mass is 10.1. The van der Waals surface area contributed by atoms with Crippen LogP contribution in [0.5, 0.6) is 0 Å². The summed E-state index contributed by atoms with van der Waals surface area (Å²) in [6, 6.07) is 11.5. The molecular weight excluding hydrogens is 272 g/mol. The fourth-order valence-corrected chi connectivity index (χ4v) is 2.79. The van der Waals surface area contributed by atoms with Gasteiger partial charge in [-0.05, 0) is 36.6 Å². The molecule has 1 aliphatic heterocycles. The van der Waals surface area contributed by atoms with E-state index in [0.717, 1.165) is 30.8 Å². The highest BCUT2D eigenvalue weighted by molar-refractivity contribution is 6.30. The summed E-state index contributed by atoms with van der Waals surface area (Å²) < 4.78 is 0. The number of halogens is 1.